The van der Waals surface area contributed by atoms with Crippen LogP contribution in [0.15, 0.2) is 36.5 Å². The van der Waals surface area contributed by atoms with Gasteiger partial charge < -0.3 is 10.6 Å². The third kappa shape index (κ3) is 4.77. The van der Waals surface area contributed by atoms with Crippen molar-refractivity contribution in [3.8, 4) is 0 Å². The lowest BCUT2D eigenvalue weighted by atomic mass is 9.87. The number of carbonyl (C=O) groups is 1. The van der Waals surface area contributed by atoms with E-state index in [9.17, 15) is 4.79 Å². The largest absolute Gasteiger partial charge is 0.349 e. The van der Waals surface area contributed by atoms with E-state index in [1.165, 1.54) is 5.56 Å². The molecule has 0 atom stereocenters. The van der Waals surface area contributed by atoms with Crippen LogP contribution in [0.4, 0.5) is 11.6 Å². The van der Waals surface area contributed by atoms with Crippen LogP contribution in [0.25, 0.3) is 0 Å². The number of anilines is 2. The van der Waals surface area contributed by atoms with Gasteiger partial charge in [0.1, 0.15) is 5.69 Å². The minimum atomic E-state index is -0.200. The summed E-state index contributed by atoms with van der Waals surface area (Å²) in [5.41, 5.74) is 2.61. The summed E-state index contributed by atoms with van der Waals surface area (Å²) in [4.78, 5) is 20.4. The van der Waals surface area contributed by atoms with Gasteiger partial charge in [-0.25, -0.2) is 9.97 Å². The van der Waals surface area contributed by atoms with Crippen LogP contribution in [0.5, 0.6) is 0 Å². The first-order chi connectivity index (χ1) is 10.8. The summed E-state index contributed by atoms with van der Waals surface area (Å²) in [5, 5.41) is 5.95. The molecule has 2 rings (SSSR count). The zero-order valence-corrected chi connectivity index (χ0v) is 14.3. The van der Waals surface area contributed by atoms with E-state index in [2.05, 4.69) is 53.5 Å². The Labute approximate surface area is 137 Å². The molecule has 0 aliphatic rings. The summed E-state index contributed by atoms with van der Waals surface area (Å²) in [5.74, 6) is 0.207. The summed E-state index contributed by atoms with van der Waals surface area (Å²) in [6.45, 7) is 10.4. The number of hydrogen-bond acceptors (Lipinski definition) is 4. The highest BCUT2D eigenvalue weighted by Gasteiger charge is 2.13. The van der Waals surface area contributed by atoms with E-state index >= 15 is 0 Å². The summed E-state index contributed by atoms with van der Waals surface area (Å²) >= 11 is 0. The van der Waals surface area contributed by atoms with E-state index < -0.39 is 0 Å². The minimum absolute atomic E-state index is 0.0683. The fraction of sp³-hybridized carbons (Fsp3) is 0.389. The van der Waals surface area contributed by atoms with Gasteiger partial charge in [-0.15, -0.1) is 0 Å². The molecule has 0 bridgehead atoms. The van der Waals surface area contributed by atoms with Crippen molar-refractivity contribution in [2.45, 2.75) is 46.1 Å². The molecule has 2 N–H and O–H groups in total. The van der Waals surface area contributed by atoms with Crippen molar-refractivity contribution in [2.75, 3.05) is 5.32 Å². The highest BCUT2D eigenvalue weighted by atomic mass is 16.1. The number of carbonyl (C=O) groups excluding carboxylic acids is 1. The van der Waals surface area contributed by atoms with Gasteiger partial charge in [0.05, 0.1) is 0 Å². The van der Waals surface area contributed by atoms with E-state index in [1.807, 2.05) is 26.0 Å². The lowest BCUT2D eigenvalue weighted by Gasteiger charge is -2.19. The minimum Gasteiger partial charge on any atom is -0.349 e. The van der Waals surface area contributed by atoms with Gasteiger partial charge >= 0.3 is 0 Å². The fourth-order valence-corrected chi connectivity index (χ4v) is 2.06. The van der Waals surface area contributed by atoms with Crippen LogP contribution in [-0.4, -0.2) is 21.9 Å². The topological polar surface area (TPSA) is 66.9 Å². The Bertz CT molecular complexity index is 672. The van der Waals surface area contributed by atoms with E-state index in [4.69, 9.17) is 0 Å². The van der Waals surface area contributed by atoms with Crippen molar-refractivity contribution in [3.05, 3.63) is 47.8 Å². The molecule has 5 nitrogen and oxygen atoms in total. The second-order valence-corrected chi connectivity index (χ2v) is 6.85. The van der Waals surface area contributed by atoms with Crippen molar-refractivity contribution in [1.82, 2.24) is 15.3 Å². The van der Waals surface area contributed by atoms with Gasteiger partial charge in [0, 0.05) is 17.9 Å². The predicted molar refractivity (Wildman–Crippen MR) is 93.1 cm³/mol. The van der Waals surface area contributed by atoms with Crippen LogP contribution in [0.3, 0.4) is 0 Å². The molecule has 1 aromatic heterocycles. The first kappa shape index (κ1) is 16.9. The smallest absolute Gasteiger partial charge is 0.270 e. The first-order valence-corrected chi connectivity index (χ1v) is 7.77. The third-order valence-electron chi connectivity index (χ3n) is 3.32. The van der Waals surface area contributed by atoms with E-state index in [1.54, 1.807) is 12.3 Å². The lowest BCUT2D eigenvalue weighted by Crippen LogP contribution is -2.30. The molecule has 1 amide bonds. The quantitative estimate of drug-likeness (QED) is 0.904. The number of amides is 1. The number of nitrogens with zero attached hydrogens (tertiary/aromatic N) is 2. The van der Waals surface area contributed by atoms with Crippen LogP contribution in [-0.2, 0) is 5.41 Å². The first-order valence-electron chi connectivity index (χ1n) is 7.77. The Morgan fingerprint density at radius 1 is 1.09 bits per heavy atom. The fourth-order valence-electron chi connectivity index (χ4n) is 2.06. The number of benzene rings is 1. The zero-order chi connectivity index (χ0) is 17.0. The van der Waals surface area contributed by atoms with Gasteiger partial charge in [0.15, 0.2) is 0 Å². The molecular formula is C18H24N4O. The molecule has 0 aliphatic carbocycles. The van der Waals surface area contributed by atoms with Crippen LogP contribution in [0.1, 0.15) is 50.7 Å². The van der Waals surface area contributed by atoms with Crippen LogP contribution in [0, 0.1) is 0 Å². The highest BCUT2D eigenvalue weighted by Crippen LogP contribution is 2.24. The number of aromatic nitrogens is 2. The monoisotopic (exact) mass is 312 g/mol. The molecule has 1 heterocycles. The van der Waals surface area contributed by atoms with Gasteiger partial charge in [0.25, 0.3) is 5.91 Å². The Morgan fingerprint density at radius 3 is 2.30 bits per heavy atom. The summed E-state index contributed by atoms with van der Waals surface area (Å²) in [7, 11) is 0. The van der Waals surface area contributed by atoms with Gasteiger partial charge in [0.2, 0.25) is 5.95 Å². The molecule has 0 radical (unpaired) electrons. The van der Waals surface area contributed by atoms with Crippen molar-refractivity contribution in [1.29, 1.82) is 0 Å². The van der Waals surface area contributed by atoms with Crippen molar-refractivity contribution >= 4 is 17.5 Å². The van der Waals surface area contributed by atoms with Crippen molar-refractivity contribution in [2.24, 2.45) is 0 Å². The molecule has 0 saturated carbocycles. The Hall–Kier alpha value is -2.43. The molecule has 122 valence electrons. The maximum Gasteiger partial charge on any atom is 0.270 e. The standard InChI is InChI=1S/C18H24N4O/c1-12(2)20-16(23)15-10-11-19-17(22-15)21-14-8-6-13(7-9-14)18(3,4)5/h6-12H,1-5H3,(H,20,23)(H,19,21,22). The summed E-state index contributed by atoms with van der Waals surface area (Å²) < 4.78 is 0. The number of hydrogen-bond donors (Lipinski definition) is 2. The molecule has 0 fully saturated rings. The van der Waals surface area contributed by atoms with E-state index in [-0.39, 0.29) is 17.4 Å². The maximum atomic E-state index is 12.0. The second kappa shape index (κ2) is 6.77. The molecule has 5 heteroatoms. The van der Waals surface area contributed by atoms with Gasteiger partial charge in [-0.3, -0.25) is 4.79 Å². The molecule has 23 heavy (non-hydrogen) atoms. The zero-order valence-electron chi connectivity index (χ0n) is 14.3. The van der Waals surface area contributed by atoms with Crippen LogP contribution < -0.4 is 10.6 Å². The van der Waals surface area contributed by atoms with Crippen molar-refractivity contribution in [3.63, 3.8) is 0 Å². The molecule has 0 spiro atoms. The molecule has 0 aliphatic heterocycles. The Kier molecular flexibility index (Phi) is 4.98. The molecule has 0 unspecified atom stereocenters. The van der Waals surface area contributed by atoms with Crippen LogP contribution in [0.2, 0.25) is 0 Å². The summed E-state index contributed by atoms with van der Waals surface area (Å²) in [6, 6.07) is 9.81. The van der Waals surface area contributed by atoms with Gasteiger partial charge in [-0.05, 0) is 43.0 Å². The average Bonchev–Trinajstić information content (AvgIpc) is 2.46. The highest BCUT2D eigenvalue weighted by molar-refractivity contribution is 5.92. The number of rotatable bonds is 4. The maximum absolute atomic E-state index is 12.0. The average molecular weight is 312 g/mol. The van der Waals surface area contributed by atoms with Gasteiger partial charge in [-0.2, -0.15) is 0 Å². The molecule has 2 aromatic rings. The van der Waals surface area contributed by atoms with Crippen molar-refractivity contribution < 1.29 is 4.79 Å². The van der Waals surface area contributed by atoms with Crippen LogP contribution >= 0.6 is 0 Å². The number of nitrogens with one attached hydrogen (secondary N) is 2. The third-order valence-corrected chi connectivity index (χ3v) is 3.32. The van der Waals surface area contributed by atoms with Gasteiger partial charge in [-0.1, -0.05) is 32.9 Å². The SMILES string of the molecule is CC(C)NC(=O)c1ccnc(Nc2ccc(C(C)(C)C)cc2)n1. The summed E-state index contributed by atoms with van der Waals surface area (Å²) in [6.07, 6.45) is 1.58. The molecule has 1 aromatic carbocycles. The Morgan fingerprint density at radius 2 is 1.74 bits per heavy atom. The second-order valence-electron chi connectivity index (χ2n) is 6.85. The van der Waals surface area contributed by atoms with E-state index in [0.29, 0.717) is 11.6 Å². The normalized spacial score (nSPS) is 11.4. The Balaban J connectivity index is 2.13. The lowest BCUT2D eigenvalue weighted by molar-refractivity contribution is 0.0938. The molecule has 0 saturated heterocycles. The molecular weight excluding hydrogens is 288 g/mol. The predicted octanol–water partition coefficient (Wildman–Crippen LogP) is 3.66. The van der Waals surface area contributed by atoms with E-state index in [0.717, 1.165) is 5.69 Å².